The van der Waals surface area contributed by atoms with E-state index >= 15 is 0 Å². The van der Waals surface area contributed by atoms with Crippen LogP contribution in [0.25, 0.3) is 0 Å². The van der Waals surface area contributed by atoms with E-state index in [2.05, 4.69) is 74.4 Å². The zero-order chi connectivity index (χ0) is 13.1. The lowest BCUT2D eigenvalue weighted by Gasteiger charge is -2.16. The van der Waals surface area contributed by atoms with Crippen LogP contribution < -0.4 is 5.32 Å². The first-order valence-electron chi connectivity index (χ1n) is 5.55. The molecule has 1 aromatic heterocycles. The Balaban J connectivity index is 2.36. The highest BCUT2D eigenvalue weighted by atomic mass is 79.9. The van der Waals surface area contributed by atoms with Crippen LogP contribution in [-0.2, 0) is 0 Å². The van der Waals surface area contributed by atoms with Crippen molar-refractivity contribution in [3.8, 4) is 0 Å². The number of hydrogen-bond donors (Lipinski definition) is 1. The van der Waals surface area contributed by atoms with Gasteiger partial charge in [-0.3, -0.25) is 0 Å². The summed E-state index contributed by atoms with van der Waals surface area (Å²) in [5, 5.41) is 3.49. The molecule has 1 unspecified atom stereocenters. The van der Waals surface area contributed by atoms with Crippen LogP contribution in [0.15, 0.2) is 39.3 Å². The third kappa shape index (κ3) is 3.36. The van der Waals surface area contributed by atoms with Gasteiger partial charge in [-0.2, -0.15) is 0 Å². The molecular weight excluding hydrogens is 397 g/mol. The molecule has 0 aliphatic heterocycles. The molecule has 1 atom stereocenters. The van der Waals surface area contributed by atoms with Crippen LogP contribution in [-0.4, -0.2) is 6.54 Å². The summed E-state index contributed by atoms with van der Waals surface area (Å²) in [5.74, 6) is 0. The molecule has 5 heteroatoms. The average Bonchev–Trinajstić information content (AvgIpc) is 2.68. The van der Waals surface area contributed by atoms with Crippen LogP contribution in [0.1, 0.15) is 23.4 Å². The number of nitrogens with one attached hydrogen (secondary N) is 1. The first-order valence-corrected chi connectivity index (χ1v) is 8.33. The van der Waals surface area contributed by atoms with Crippen LogP contribution in [0, 0.1) is 0 Å². The Morgan fingerprint density at radius 1 is 1.28 bits per heavy atom. The van der Waals surface area contributed by atoms with Crippen molar-refractivity contribution in [1.82, 2.24) is 5.32 Å². The van der Waals surface area contributed by atoms with Gasteiger partial charge in [-0.05, 0) is 46.2 Å². The number of thiophene rings is 1. The summed E-state index contributed by atoms with van der Waals surface area (Å²) >= 11 is 14.7. The third-order valence-corrected chi connectivity index (χ3v) is 5.63. The van der Waals surface area contributed by atoms with E-state index in [1.807, 2.05) is 0 Å². The monoisotopic (exact) mass is 407 g/mol. The lowest BCUT2D eigenvalue weighted by molar-refractivity contribution is 0.639. The van der Waals surface area contributed by atoms with E-state index in [0.717, 1.165) is 19.8 Å². The summed E-state index contributed by atoms with van der Waals surface area (Å²) in [6, 6.07) is 10.6. The third-order valence-electron chi connectivity index (χ3n) is 2.56. The van der Waals surface area contributed by atoms with E-state index in [9.17, 15) is 0 Å². The predicted molar refractivity (Wildman–Crippen MR) is 86.7 cm³/mol. The Morgan fingerprint density at radius 2 is 1.94 bits per heavy atom. The summed E-state index contributed by atoms with van der Waals surface area (Å²) in [6.07, 6.45) is 0. The standard InChI is InChI=1S/C13H12Br2ClNS/c1-2-17-12(8-3-5-9(14)6-4-8)11-7-10(15)13(16)18-11/h3-7,12,17H,2H2,1H3. The summed E-state index contributed by atoms with van der Waals surface area (Å²) in [6.45, 7) is 3.02. The molecule has 1 N–H and O–H groups in total. The van der Waals surface area contributed by atoms with Gasteiger partial charge >= 0.3 is 0 Å². The van der Waals surface area contributed by atoms with E-state index in [1.165, 1.54) is 10.4 Å². The van der Waals surface area contributed by atoms with Crippen LogP contribution in [0.2, 0.25) is 4.34 Å². The molecule has 1 aromatic carbocycles. The number of hydrogen-bond acceptors (Lipinski definition) is 2. The van der Waals surface area contributed by atoms with Gasteiger partial charge in [0.25, 0.3) is 0 Å². The molecule has 18 heavy (non-hydrogen) atoms. The molecule has 0 spiro atoms. The Kier molecular flexibility index (Phi) is 5.27. The minimum absolute atomic E-state index is 0.192. The SMILES string of the molecule is CCNC(c1ccc(Br)cc1)c1cc(Br)c(Cl)s1. The average molecular weight is 410 g/mol. The van der Waals surface area contributed by atoms with E-state index in [4.69, 9.17) is 11.6 Å². The maximum atomic E-state index is 6.12. The van der Waals surface area contributed by atoms with Gasteiger partial charge in [0.2, 0.25) is 0 Å². The Hall–Kier alpha value is 0.130. The molecule has 0 radical (unpaired) electrons. The molecular formula is C13H12Br2ClNS. The lowest BCUT2D eigenvalue weighted by atomic mass is 10.1. The van der Waals surface area contributed by atoms with Crippen molar-refractivity contribution in [2.24, 2.45) is 0 Å². The molecule has 2 rings (SSSR count). The fraction of sp³-hybridized carbons (Fsp3) is 0.231. The Bertz CT molecular complexity index is 505. The van der Waals surface area contributed by atoms with E-state index < -0.39 is 0 Å². The molecule has 96 valence electrons. The van der Waals surface area contributed by atoms with E-state index in [0.29, 0.717) is 0 Å². The molecule has 2 aromatic rings. The molecule has 0 aliphatic carbocycles. The normalized spacial score (nSPS) is 12.7. The number of halogens is 3. The molecule has 0 fully saturated rings. The largest absolute Gasteiger partial charge is 0.306 e. The summed E-state index contributed by atoms with van der Waals surface area (Å²) in [5.41, 5.74) is 1.24. The quantitative estimate of drug-likeness (QED) is 0.690. The fourth-order valence-electron chi connectivity index (χ4n) is 1.75. The Labute approximate surface area is 133 Å². The molecule has 1 heterocycles. The number of benzene rings is 1. The minimum atomic E-state index is 0.192. The van der Waals surface area contributed by atoms with E-state index in [1.54, 1.807) is 11.3 Å². The van der Waals surface area contributed by atoms with Gasteiger partial charge in [0.05, 0.1) is 6.04 Å². The van der Waals surface area contributed by atoms with Crippen molar-refractivity contribution < 1.29 is 0 Å². The van der Waals surface area contributed by atoms with Gasteiger partial charge in [0, 0.05) is 13.8 Å². The zero-order valence-electron chi connectivity index (χ0n) is 9.71. The van der Waals surface area contributed by atoms with Crippen molar-refractivity contribution in [3.05, 3.63) is 54.1 Å². The topological polar surface area (TPSA) is 12.0 Å². The summed E-state index contributed by atoms with van der Waals surface area (Å²) < 4.78 is 2.85. The van der Waals surface area contributed by atoms with Gasteiger partial charge in [0.15, 0.2) is 0 Å². The lowest BCUT2D eigenvalue weighted by Crippen LogP contribution is -2.20. The van der Waals surface area contributed by atoms with Gasteiger partial charge < -0.3 is 5.32 Å². The molecule has 1 nitrogen and oxygen atoms in total. The molecule has 0 saturated carbocycles. The van der Waals surface area contributed by atoms with Crippen molar-refractivity contribution in [2.45, 2.75) is 13.0 Å². The highest BCUT2D eigenvalue weighted by molar-refractivity contribution is 9.10. The molecule has 0 bridgehead atoms. The van der Waals surface area contributed by atoms with Gasteiger partial charge in [-0.15, -0.1) is 11.3 Å². The highest BCUT2D eigenvalue weighted by Crippen LogP contribution is 2.37. The molecule has 0 saturated heterocycles. The van der Waals surface area contributed by atoms with Crippen molar-refractivity contribution in [1.29, 1.82) is 0 Å². The Morgan fingerprint density at radius 3 is 2.44 bits per heavy atom. The predicted octanol–water partition coefficient (Wildman–Crippen LogP) is 5.63. The van der Waals surface area contributed by atoms with Gasteiger partial charge in [0.1, 0.15) is 4.34 Å². The minimum Gasteiger partial charge on any atom is -0.306 e. The number of rotatable bonds is 4. The van der Waals surface area contributed by atoms with Crippen LogP contribution in [0.4, 0.5) is 0 Å². The smallest absolute Gasteiger partial charge is 0.107 e. The maximum absolute atomic E-state index is 6.12. The van der Waals surface area contributed by atoms with Crippen molar-refractivity contribution >= 4 is 54.8 Å². The second-order valence-electron chi connectivity index (χ2n) is 3.81. The molecule has 0 amide bonds. The van der Waals surface area contributed by atoms with Crippen molar-refractivity contribution in [2.75, 3.05) is 6.54 Å². The second kappa shape index (κ2) is 6.53. The second-order valence-corrected chi connectivity index (χ2v) is 7.27. The van der Waals surface area contributed by atoms with Gasteiger partial charge in [-0.1, -0.05) is 46.6 Å². The fourth-order valence-corrected chi connectivity index (χ4v) is 3.85. The van der Waals surface area contributed by atoms with E-state index in [-0.39, 0.29) is 6.04 Å². The summed E-state index contributed by atoms with van der Waals surface area (Å²) in [4.78, 5) is 1.22. The summed E-state index contributed by atoms with van der Waals surface area (Å²) in [7, 11) is 0. The van der Waals surface area contributed by atoms with Gasteiger partial charge in [-0.25, -0.2) is 0 Å². The van der Waals surface area contributed by atoms with Crippen molar-refractivity contribution in [3.63, 3.8) is 0 Å². The van der Waals surface area contributed by atoms with Crippen LogP contribution in [0.5, 0.6) is 0 Å². The van der Waals surface area contributed by atoms with Crippen LogP contribution in [0.3, 0.4) is 0 Å². The first-order chi connectivity index (χ1) is 8.61. The van der Waals surface area contributed by atoms with Crippen LogP contribution >= 0.6 is 54.8 Å². The first kappa shape index (κ1) is 14.5. The zero-order valence-corrected chi connectivity index (χ0v) is 14.5. The molecule has 0 aliphatic rings. The maximum Gasteiger partial charge on any atom is 0.107 e. The highest BCUT2D eigenvalue weighted by Gasteiger charge is 2.17.